The van der Waals surface area contributed by atoms with Crippen molar-refractivity contribution in [2.45, 2.75) is 12.1 Å². The number of hydrogen-bond donors (Lipinski definition) is 3. The summed E-state index contributed by atoms with van der Waals surface area (Å²) < 4.78 is 7.36. The quantitative estimate of drug-likeness (QED) is 0.444. The maximum absolute atomic E-state index is 13.1. The fourth-order valence-corrected chi connectivity index (χ4v) is 4.59. The molecular formula is C23H25N7O2. The number of fused-ring (bicyclic) bond motifs is 5. The summed E-state index contributed by atoms with van der Waals surface area (Å²) in [6.07, 6.45) is 1.87. The van der Waals surface area contributed by atoms with Crippen LogP contribution in [-0.2, 0) is 4.74 Å². The Morgan fingerprint density at radius 2 is 1.94 bits per heavy atom. The molecule has 0 bridgehead atoms. The summed E-state index contributed by atoms with van der Waals surface area (Å²) in [5, 5.41) is 10.8. The number of amides is 1. The van der Waals surface area contributed by atoms with Crippen LogP contribution in [0.2, 0.25) is 0 Å². The van der Waals surface area contributed by atoms with Crippen molar-refractivity contribution in [3.8, 4) is 0 Å². The highest BCUT2D eigenvalue weighted by atomic mass is 16.5. The highest BCUT2D eigenvalue weighted by Crippen LogP contribution is 2.35. The lowest BCUT2D eigenvalue weighted by Crippen LogP contribution is -2.52. The molecule has 2 aliphatic rings. The van der Waals surface area contributed by atoms with Gasteiger partial charge in [0.15, 0.2) is 5.65 Å². The van der Waals surface area contributed by atoms with Crippen LogP contribution in [0.1, 0.15) is 10.4 Å². The second-order valence-electron chi connectivity index (χ2n) is 8.63. The average Bonchev–Trinajstić information content (AvgIpc) is 3.13. The number of imidazole rings is 1. The Bertz CT molecular complexity index is 1360. The normalized spacial score (nSPS) is 17.4. The molecule has 2 saturated heterocycles. The third-order valence-electron chi connectivity index (χ3n) is 6.26. The molecule has 0 saturated carbocycles. The maximum atomic E-state index is 13.1. The zero-order valence-corrected chi connectivity index (χ0v) is 18.1. The molecule has 3 aromatic heterocycles. The largest absolute Gasteiger partial charge is 0.378 e. The SMILES string of the molecule is CNC(=O)c1c(NC2COC2)c2cc(NC3CN(C)C3)cnc2n2c1nc1ccccc12. The summed E-state index contributed by atoms with van der Waals surface area (Å²) in [6.45, 7) is 3.21. The second kappa shape index (κ2) is 7.32. The summed E-state index contributed by atoms with van der Waals surface area (Å²) in [5.41, 5.74) is 5.31. The molecule has 4 aromatic rings. The molecule has 2 fully saturated rings. The van der Waals surface area contributed by atoms with Gasteiger partial charge in [-0.15, -0.1) is 0 Å². The van der Waals surface area contributed by atoms with Crippen molar-refractivity contribution >= 4 is 45.0 Å². The fraction of sp³-hybridized carbons (Fsp3) is 0.348. The molecule has 3 N–H and O–H groups in total. The van der Waals surface area contributed by atoms with Crippen LogP contribution in [-0.4, -0.2) is 77.7 Å². The molecular weight excluding hydrogens is 406 g/mol. The van der Waals surface area contributed by atoms with Crippen molar-refractivity contribution in [1.29, 1.82) is 0 Å². The van der Waals surface area contributed by atoms with E-state index in [4.69, 9.17) is 14.7 Å². The lowest BCUT2D eigenvalue weighted by Gasteiger charge is -2.37. The lowest BCUT2D eigenvalue weighted by atomic mass is 10.1. The van der Waals surface area contributed by atoms with Gasteiger partial charge in [0.25, 0.3) is 5.91 Å². The number of carbonyl (C=O) groups is 1. The van der Waals surface area contributed by atoms with Crippen LogP contribution >= 0.6 is 0 Å². The number of benzene rings is 1. The zero-order valence-electron chi connectivity index (χ0n) is 18.1. The first kappa shape index (κ1) is 19.3. The van der Waals surface area contributed by atoms with Gasteiger partial charge in [0.05, 0.1) is 53.9 Å². The van der Waals surface area contributed by atoms with Gasteiger partial charge in [0, 0.05) is 25.5 Å². The molecule has 0 atom stereocenters. The number of nitrogens with one attached hydrogen (secondary N) is 3. The Kier molecular flexibility index (Phi) is 4.41. The van der Waals surface area contributed by atoms with Crippen molar-refractivity contribution in [2.75, 3.05) is 51.0 Å². The molecule has 2 aliphatic heterocycles. The molecule has 164 valence electrons. The lowest BCUT2D eigenvalue weighted by molar-refractivity contribution is 0.0211. The predicted molar refractivity (Wildman–Crippen MR) is 125 cm³/mol. The van der Waals surface area contributed by atoms with E-state index >= 15 is 0 Å². The number of pyridine rings is 2. The fourth-order valence-electron chi connectivity index (χ4n) is 4.59. The summed E-state index contributed by atoms with van der Waals surface area (Å²) in [6, 6.07) is 10.5. The molecule has 0 aliphatic carbocycles. The standard InChI is InChI=1S/C23H25N7O2/c1-24-23(31)19-20(27-15-11-32-12-15)16-7-13(26-14-9-29(2)10-14)8-25-21(16)30-18-6-4-3-5-17(18)28-22(19)30/h3-8,14-15,26-27H,9-12H2,1-2H3,(H,24,31). The van der Waals surface area contributed by atoms with Crippen molar-refractivity contribution in [3.05, 3.63) is 42.1 Å². The number of ether oxygens (including phenoxy) is 1. The monoisotopic (exact) mass is 431 g/mol. The minimum Gasteiger partial charge on any atom is -0.378 e. The first-order chi connectivity index (χ1) is 15.6. The molecule has 5 heterocycles. The highest BCUT2D eigenvalue weighted by Gasteiger charge is 2.28. The van der Waals surface area contributed by atoms with E-state index in [2.05, 4.69) is 34.0 Å². The first-order valence-corrected chi connectivity index (χ1v) is 10.9. The van der Waals surface area contributed by atoms with Crippen molar-refractivity contribution in [1.82, 2.24) is 24.6 Å². The summed E-state index contributed by atoms with van der Waals surface area (Å²) in [5.74, 6) is -0.186. The van der Waals surface area contributed by atoms with Gasteiger partial charge in [-0.2, -0.15) is 0 Å². The number of para-hydroxylation sites is 2. The number of aromatic nitrogens is 3. The zero-order chi connectivity index (χ0) is 21.8. The topological polar surface area (TPSA) is 95.8 Å². The van der Waals surface area contributed by atoms with Gasteiger partial charge in [-0.1, -0.05) is 12.1 Å². The molecule has 6 rings (SSSR count). The van der Waals surface area contributed by atoms with Gasteiger partial charge in [-0.05, 0) is 25.2 Å². The number of hydrogen-bond acceptors (Lipinski definition) is 7. The Morgan fingerprint density at radius 3 is 2.66 bits per heavy atom. The number of anilines is 2. The van der Waals surface area contributed by atoms with Gasteiger partial charge in [-0.25, -0.2) is 9.97 Å². The van der Waals surface area contributed by atoms with E-state index in [1.54, 1.807) is 7.05 Å². The summed E-state index contributed by atoms with van der Waals surface area (Å²) in [7, 11) is 3.75. The van der Waals surface area contributed by atoms with E-state index in [1.807, 2.05) is 34.9 Å². The molecule has 9 nitrogen and oxygen atoms in total. The molecule has 1 aromatic carbocycles. The van der Waals surface area contributed by atoms with Crippen molar-refractivity contribution in [3.63, 3.8) is 0 Å². The van der Waals surface area contributed by atoms with Crippen LogP contribution in [0.15, 0.2) is 36.5 Å². The average molecular weight is 432 g/mol. The van der Waals surface area contributed by atoms with Crippen LogP contribution in [0.4, 0.5) is 11.4 Å². The van der Waals surface area contributed by atoms with Crippen molar-refractivity contribution < 1.29 is 9.53 Å². The molecule has 0 unspecified atom stereocenters. The van der Waals surface area contributed by atoms with E-state index in [0.717, 1.165) is 46.5 Å². The van der Waals surface area contributed by atoms with Crippen LogP contribution in [0, 0.1) is 0 Å². The number of likely N-dealkylation sites (tertiary alicyclic amines) is 1. The Labute approximate surface area is 184 Å². The van der Waals surface area contributed by atoms with Crippen LogP contribution in [0.3, 0.4) is 0 Å². The first-order valence-electron chi connectivity index (χ1n) is 10.9. The number of rotatable bonds is 5. The molecule has 0 spiro atoms. The molecule has 1 amide bonds. The Balaban J connectivity index is 1.63. The van der Waals surface area contributed by atoms with Gasteiger partial charge in [0.2, 0.25) is 0 Å². The van der Waals surface area contributed by atoms with Crippen molar-refractivity contribution in [2.24, 2.45) is 0 Å². The minimum absolute atomic E-state index is 0.144. The van der Waals surface area contributed by atoms with Gasteiger partial charge >= 0.3 is 0 Å². The van der Waals surface area contributed by atoms with Crippen LogP contribution < -0.4 is 16.0 Å². The highest BCUT2D eigenvalue weighted by molar-refractivity contribution is 6.13. The smallest absolute Gasteiger partial charge is 0.256 e. The predicted octanol–water partition coefficient (Wildman–Crippen LogP) is 1.93. The number of carbonyl (C=O) groups excluding carboxylic acids is 1. The summed E-state index contributed by atoms with van der Waals surface area (Å²) >= 11 is 0. The number of nitrogens with zero attached hydrogens (tertiary/aromatic N) is 4. The van der Waals surface area contributed by atoms with Gasteiger partial charge in [0.1, 0.15) is 11.2 Å². The summed E-state index contributed by atoms with van der Waals surface area (Å²) in [4.78, 5) is 25.1. The van der Waals surface area contributed by atoms with E-state index in [-0.39, 0.29) is 11.9 Å². The second-order valence-corrected chi connectivity index (χ2v) is 8.63. The molecule has 9 heteroatoms. The molecule has 32 heavy (non-hydrogen) atoms. The van der Waals surface area contributed by atoms with Gasteiger partial charge < -0.3 is 25.6 Å². The number of likely N-dealkylation sites (N-methyl/N-ethyl adjacent to an activating group) is 1. The van der Waals surface area contributed by atoms with E-state index < -0.39 is 0 Å². The Morgan fingerprint density at radius 1 is 1.12 bits per heavy atom. The minimum atomic E-state index is -0.186. The van der Waals surface area contributed by atoms with Crippen LogP contribution in [0.25, 0.3) is 27.7 Å². The van der Waals surface area contributed by atoms with E-state index in [9.17, 15) is 4.79 Å². The van der Waals surface area contributed by atoms with Gasteiger partial charge in [-0.3, -0.25) is 9.20 Å². The van der Waals surface area contributed by atoms with E-state index in [1.165, 1.54) is 0 Å². The molecule has 0 radical (unpaired) electrons. The third-order valence-corrected chi connectivity index (χ3v) is 6.26. The van der Waals surface area contributed by atoms with Crippen LogP contribution in [0.5, 0.6) is 0 Å². The maximum Gasteiger partial charge on any atom is 0.256 e. The van der Waals surface area contributed by atoms with E-state index in [0.29, 0.717) is 30.5 Å². The Hall–Kier alpha value is -3.43. The third kappa shape index (κ3) is 2.96.